The van der Waals surface area contributed by atoms with E-state index in [-0.39, 0.29) is 29.5 Å². The second-order valence-electron chi connectivity index (χ2n) is 9.14. The number of ether oxygens (including phenoxy) is 1. The maximum Gasteiger partial charge on any atom is 0.256 e. The van der Waals surface area contributed by atoms with Crippen molar-refractivity contribution in [2.45, 2.75) is 4.90 Å². The number of rotatable bonds is 10. The molecule has 1 heterocycles. The van der Waals surface area contributed by atoms with Gasteiger partial charge in [0.05, 0.1) is 23.6 Å². The maximum atomic E-state index is 14.0. The molecule has 1 saturated heterocycles. The molecule has 1 aliphatic heterocycles. The lowest BCUT2D eigenvalue weighted by molar-refractivity contribution is -0.116. The molecule has 2 amide bonds. The fourth-order valence-corrected chi connectivity index (χ4v) is 5.83. The molecule has 0 radical (unpaired) electrons. The van der Waals surface area contributed by atoms with Crippen molar-refractivity contribution in [3.05, 3.63) is 89.2 Å². The summed E-state index contributed by atoms with van der Waals surface area (Å²) in [6.45, 7) is 1.77. The maximum absolute atomic E-state index is 14.0. The van der Waals surface area contributed by atoms with Crippen molar-refractivity contribution in [3.8, 4) is 0 Å². The molecule has 0 aliphatic carbocycles. The van der Waals surface area contributed by atoms with E-state index in [4.69, 9.17) is 16.3 Å². The highest BCUT2D eigenvalue weighted by atomic mass is 35.5. The van der Waals surface area contributed by atoms with E-state index < -0.39 is 28.3 Å². The van der Waals surface area contributed by atoms with E-state index in [0.29, 0.717) is 36.9 Å². The lowest BCUT2D eigenvalue weighted by Crippen LogP contribution is -2.49. The zero-order valence-corrected chi connectivity index (χ0v) is 23.5. The van der Waals surface area contributed by atoms with Crippen molar-refractivity contribution in [1.29, 1.82) is 0 Å². The van der Waals surface area contributed by atoms with E-state index in [1.165, 1.54) is 43.5 Å². The van der Waals surface area contributed by atoms with Gasteiger partial charge in [0.25, 0.3) is 5.91 Å². The molecule has 0 saturated carbocycles. The van der Waals surface area contributed by atoms with Crippen LogP contribution in [0.15, 0.2) is 77.7 Å². The highest BCUT2D eigenvalue weighted by Gasteiger charge is 2.27. The predicted octanol–water partition coefficient (Wildman–Crippen LogP) is 3.72. The fraction of sp³-hybridized carbons (Fsp3) is 0.286. The molecule has 1 fully saturated rings. The number of hydrogen-bond donors (Lipinski definition) is 1. The number of benzene rings is 3. The standard InChI is InChI=1S/C28H30ClFN4O5S/c1-39-19-18-34(40(37,38)24-12-6-21(29)7-13-24)20-27(35)31-22-8-10-23(11-9-22)32-14-16-33(17-15-32)28(36)25-4-2-3-5-26(25)30/h2-13H,14-20H2,1H3,(H,31,35). The van der Waals surface area contributed by atoms with Crippen LogP contribution in [0.4, 0.5) is 15.8 Å². The highest BCUT2D eigenvalue weighted by Crippen LogP contribution is 2.22. The van der Waals surface area contributed by atoms with Crippen LogP contribution in [0.1, 0.15) is 10.4 Å². The van der Waals surface area contributed by atoms with Gasteiger partial charge in [0, 0.05) is 56.2 Å². The van der Waals surface area contributed by atoms with Crippen LogP contribution in [0, 0.1) is 5.82 Å². The number of nitrogens with zero attached hydrogens (tertiary/aromatic N) is 3. The minimum atomic E-state index is -3.95. The number of anilines is 2. The lowest BCUT2D eigenvalue weighted by Gasteiger charge is -2.36. The van der Waals surface area contributed by atoms with Gasteiger partial charge in [-0.25, -0.2) is 12.8 Å². The van der Waals surface area contributed by atoms with Crippen molar-refractivity contribution < 1.29 is 27.1 Å². The fourth-order valence-electron chi connectivity index (χ4n) is 4.32. The Labute approximate surface area is 238 Å². The number of halogens is 2. The Morgan fingerprint density at radius 3 is 2.25 bits per heavy atom. The van der Waals surface area contributed by atoms with Gasteiger partial charge >= 0.3 is 0 Å². The number of nitrogens with one attached hydrogen (secondary N) is 1. The number of carbonyl (C=O) groups excluding carboxylic acids is 2. The molecule has 0 bridgehead atoms. The molecule has 1 N–H and O–H groups in total. The van der Waals surface area contributed by atoms with E-state index in [0.717, 1.165) is 9.99 Å². The van der Waals surface area contributed by atoms with Gasteiger partial charge in [-0.05, 0) is 60.7 Å². The molecule has 0 aromatic heterocycles. The van der Waals surface area contributed by atoms with Crippen molar-refractivity contribution in [2.75, 3.05) is 63.2 Å². The third-order valence-electron chi connectivity index (χ3n) is 6.50. The number of hydrogen-bond acceptors (Lipinski definition) is 6. The first-order chi connectivity index (χ1) is 19.2. The third kappa shape index (κ3) is 7.16. The van der Waals surface area contributed by atoms with Crippen LogP contribution in [0.3, 0.4) is 0 Å². The van der Waals surface area contributed by atoms with Gasteiger partial charge in [0.2, 0.25) is 15.9 Å². The first kappa shape index (κ1) is 29.5. The summed E-state index contributed by atoms with van der Waals surface area (Å²) in [7, 11) is -2.50. The summed E-state index contributed by atoms with van der Waals surface area (Å²) in [6.07, 6.45) is 0. The summed E-state index contributed by atoms with van der Waals surface area (Å²) in [6, 6.07) is 18.9. The minimum absolute atomic E-state index is 0.000782. The Morgan fingerprint density at radius 1 is 0.975 bits per heavy atom. The molecule has 12 heteroatoms. The van der Waals surface area contributed by atoms with Crippen molar-refractivity contribution in [1.82, 2.24) is 9.21 Å². The third-order valence-corrected chi connectivity index (χ3v) is 8.61. The number of methoxy groups -OCH3 is 1. The summed E-state index contributed by atoms with van der Waals surface area (Å²) in [5.41, 5.74) is 1.48. The molecule has 212 valence electrons. The Morgan fingerprint density at radius 2 is 1.62 bits per heavy atom. The zero-order chi connectivity index (χ0) is 28.7. The van der Waals surface area contributed by atoms with E-state index >= 15 is 0 Å². The molecule has 40 heavy (non-hydrogen) atoms. The molecule has 0 spiro atoms. The number of sulfonamides is 1. The monoisotopic (exact) mass is 588 g/mol. The number of piperazine rings is 1. The Balaban J connectivity index is 1.34. The summed E-state index contributed by atoms with van der Waals surface area (Å²) in [5.74, 6) is -1.35. The van der Waals surface area contributed by atoms with E-state index in [2.05, 4.69) is 10.2 Å². The van der Waals surface area contributed by atoms with E-state index in [9.17, 15) is 22.4 Å². The smallest absolute Gasteiger partial charge is 0.256 e. The lowest BCUT2D eigenvalue weighted by atomic mass is 10.1. The molecular weight excluding hydrogens is 559 g/mol. The second kappa shape index (κ2) is 13.2. The van der Waals surface area contributed by atoms with Gasteiger partial charge in [-0.15, -0.1) is 0 Å². The van der Waals surface area contributed by atoms with Crippen LogP contribution in [0.5, 0.6) is 0 Å². The van der Waals surface area contributed by atoms with Crippen molar-refractivity contribution >= 4 is 44.8 Å². The summed E-state index contributed by atoms with van der Waals surface area (Å²) < 4.78 is 46.3. The summed E-state index contributed by atoms with van der Waals surface area (Å²) in [4.78, 5) is 29.2. The topological polar surface area (TPSA) is 99.3 Å². The molecule has 4 rings (SSSR count). The Kier molecular flexibility index (Phi) is 9.75. The van der Waals surface area contributed by atoms with Gasteiger partial charge in [-0.3, -0.25) is 9.59 Å². The van der Waals surface area contributed by atoms with Crippen LogP contribution in [-0.4, -0.2) is 82.4 Å². The molecule has 3 aromatic rings. The molecular formula is C28H30ClFN4O5S. The number of carbonyl (C=O) groups is 2. The average Bonchev–Trinajstić information content (AvgIpc) is 2.96. The van der Waals surface area contributed by atoms with Crippen molar-refractivity contribution in [2.24, 2.45) is 0 Å². The Bertz CT molecular complexity index is 1430. The molecule has 1 aliphatic rings. The molecule has 9 nitrogen and oxygen atoms in total. The van der Waals surface area contributed by atoms with Gasteiger partial charge in [0.15, 0.2) is 0 Å². The predicted molar refractivity (Wildman–Crippen MR) is 152 cm³/mol. The van der Waals surface area contributed by atoms with Crippen LogP contribution in [0.2, 0.25) is 5.02 Å². The average molecular weight is 589 g/mol. The van der Waals surface area contributed by atoms with Gasteiger partial charge < -0.3 is 19.9 Å². The minimum Gasteiger partial charge on any atom is -0.383 e. The summed E-state index contributed by atoms with van der Waals surface area (Å²) >= 11 is 5.88. The normalized spacial score (nSPS) is 13.9. The second-order valence-corrected chi connectivity index (χ2v) is 11.5. The summed E-state index contributed by atoms with van der Waals surface area (Å²) in [5, 5.41) is 3.15. The first-order valence-corrected chi connectivity index (χ1v) is 14.4. The Hall–Kier alpha value is -3.51. The largest absolute Gasteiger partial charge is 0.383 e. The number of amides is 2. The van der Waals surface area contributed by atoms with Crippen LogP contribution < -0.4 is 10.2 Å². The van der Waals surface area contributed by atoms with Crippen LogP contribution in [-0.2, 0) is 19.6 Å². The van der Waals surface area contributed by atoms with Crippen LogP contribution >= 0.6 is 11.6 Å². The highest BCUT2D eigenvalue weighted by molar-refractivity contribution is 7.89. The first-order valence-electron chi connectivity index (χ1n) is 12.6. The van der Waals surface area contributed by atoms with Gasteiger partial charge in [-0.1, -0.05) is 23.7 Å². The zero-order valence-electron chi connectivity index (χ0n) is 21.9. The van der Waals surface area contributed by atoms with E-state index in [1.807, 2.05) is 12.1 Å². The SMILES string of the molecule is COCCN(CC(=O)Nc1ccc(N2CCN(C(=O)c3ccccc3F)CC2)cc1)S(=O)(=O)c1ccc(Cl)cc1. The van der Waals surface area contributed by atoms with Gasteiger partial charge in [0.1, 0.15) is 5.82 Å². The van der Waals surface area contributed by atoms with Crippen LogP contribution in [0.25, 0.3) is 0 Å². The molecule has 0 atom stereocenters. The van der Waals surface area contributed by atoms with Crippen molar-refractivity contribution in [3.63, 3.8) is 0 Å². The molecule has 0 unspecified atom stereocenters. The van der Waals surface area contributed by atoms with E-state index in [1.54, 1.807) is 29.2 Å². The van der Waals surface area contributed by atoms with Gasteiger partial charge in [-0.2, -0.15) is 4.31 Å². The quantitative estimate of drug-likeness (QED) is 0.388. The molecule has 3 aromatic carbocycles.